The van der Waals surface area contributed by atoms with Crippen molar-refractivity contribution in [3.63, 3.8) is 0 Å². The van der Waals surface area contributed by atoms with E-state index < -0.39 is 6.61 Å². The van der Waals surface area contributed by atoms with Gasteiger partial charge in [-0.2, -0.15) is 8.78 Å². The van der Waals surface area contributed by atoms with E-state index in [-0.39, 0.29) is 17.8 Å². The van der Waals surface area contributed by atoms with Crippen molar-refractivity contribution in [3.05, 3.63) is 71.9 Å². The molecule has 0 radical (unpaired) electrons. The molecule has 8 nitrogen and oxygen atoms in total. The summed E-state index contributed by atoms with van der Waals surface area (Å²) in [5, 5.41) is 0. The van der Waals surface area contributed by atoms with Crippen LogP contribution in [-0.4, -0.2) is 59.4 Å². The number of fused-ring (bicyclic) bond motifs is 3. The van der Waals surface area contributed by atoms with Crippen LogP contribution in [0.4, 0.5) is 14.7 Å². The smallest absolute Gasteiger partial charge is 0.387 e. The Morgan fingerprint density at radius 3 is 2.56 bits per heavy atom. The zero-order valence-electron chi connectivity index (χ0n) is 19.7. The molecule has 0 bridgehead atoms. The minimum Gasteiger partial charge on any atom is -0.435 e. The van der Waals surface area contributed by atoms with Crippen LogP contribution in [0.2, 0.25) is 0 Å². The van der Waals surface area contributed by atoms with Crippen LogP contribution in [0.25, 0.3) is 16.8 Å². The Morgan fingerprint density at radius 1 is 1.03 bits per heavy atom. The first-order valence-corrected chi connectivity index (χ1v) is 11.9. The van der Waals surface area contributed by atoms with Crippen molar-refractivity contribution < 1.29 is 23.0 Å². The minimum atomic E-state index is -2.90. The van der Waals surface area contributed by atoms with E-state index in [1.807, 2.05) is 47.3 Å². The number of benzene rings is 1. The van der Waals surface area contributed by atoms with Gasteiger partial charge in [-0.15, -0.1) is 0 Å². The maximum Gasteiger partial charge on any atom is 0.387 e. The maximum atomic E-state index is 13.1. The van der Waals surface area contributed by atoms with Gasteiger partial charge in [0, 0.05) is 61.4 Å². The van der Waals surface area contributed by atoms with Crippen LogP contribution in [0.1, 0.15) is 35.4 Å². The highest BCUT2D eigenvalue weighted by molar-refractivity contribution is 5.65. The van der Waals surface area contributed by atoms with Gasteiger partial charge < -0.3 is 23.5 Å². The number of rotatable bonds is 6. The zero-order valence-corrected chi connectivity index (χ0v) is 19.7. The number of halogens is 2. The lowest BCUT2D eigenvalue weighted by Crippen LogP contribution is -2.37. The number of morpholine rings is 1. The molecule has 1 aliphatic carbocycles. The van der Waals surface area contributed by atoms with E-state index in [4.69, 9.17) is 19.2 Å². The topological polar surface area (TPSA) is 74.0 Å². The summed E-state index contributed by atoms with van der Waals surface area (Å²) < 4.78 is 44.2. The predicted octanol–water partition coefficient (Wildman–Crippen LogP) is 4.45. The number of imidazole rings is 1. The first kappa shape index (κ1) is 22.8. The average Bonchev–Trinajstić information content (AvgIpc) is 3.46. The summed E-state index contributed by atoms with van der Waals surface area (Å²) in [6, 6.07) is 10.8. The highest BCUT2D eigenvalue weighted by Crippen LogP contribution is 2.48. The molecule has 4 heterocycles. The second-order valence-electron chi connectivity index (χ2n) is 8.83. The minimum absolute atomic E-state index is 0.165. The second kappa shape index (κ2) is 9.44. The molecule has 0 saturated carbocycles. The van der Waals surface area contributed by atoms with Gasteiger partial charge in [-0.1, -0.05) is 18.2 Å². The van der Waals surface area contributed by atoms with Crippen LogP contribution < -0.4 is 9.64 Å². The van der Waals surface area contributed by atoms with Gasteiger partial charge in [0.25, 0.3) is 0 Å². The van der Waals surface area contributed by atoms with Crippen molar-refractivity contribution in [2.24, 2.45) is 0 Å². The molecule has 0 N–H and O–H groups in total. The molecule has 3 aromatic heterocycles. The van der Waals surface area contributed by atoms with Gasteiger partial charge in [0.05, 0.1) is 24.6 Å². The standard InChI is InChI=1S/C26H25F2N5O3/c1-34-21-12-19(18-4-2-3-5-20(18)36-25(27)28)24-23(21)31-22-7-6-16(15-33(22)24)17-13-29-26(30-14-17)32-8-10-35-11-9-32/h2-7,13-15,19,21,25H,8-12H2,1H3. The van der Waals surface area contributed by atoms with Crippen molar-refractivity contribution in [3.8, 4) is 16.9 Å². The molecule has 0 spiro atoms. The zero-order chi connectivity index (χ0) is 24.6. The Balaban J connectivity index is 1.39. The lowest BCUT2D eigenvalue weighted by Gasteiger charge is -2.26. The lowest BCUT2D eigenvalue weighted by molar-refractivity contribution is -0.0506. The number of hydrogen-bond acceptors (Lipinski definition) is 7. The van der Waals surface area contributed by atoms with Gasteiger partial charge in [0.2, 0.25) is 5.95 Å². The third-order valence-corrected chi connectivity index (χ3v) is 6.83. The largest absolute Gasteiger partial charge is 0.435 e. The monoisotopic (exact) mass is 493 g/mol. The molecule has 186 valence electrons. The summed E-state index contributed by atoms with van der Waals surface area (Å²) in [6.45, 7) is -0.0265. The van der Waals surface area contributed by atoms with Gasteiger partial charge in [0.15, 0.2) is 0 Å². The van der Waals surface area contributed by atoms with Gasteiger partial charge in [-0.3, -0.25) is 0 Å². The first-order chi connectivity index (χ1) is 17.6. The highest BCUT2D eigenvalue weighted by atomic mass is 19.3. The molecule has 4 aromatic rings. The number of hydrogen-bond donors (Lipinski definition) is 0. The summed E-state index contributed by atoms with van der Waals surface area (Å²) in [4.78, 5) is 16.1. The van der Waals surface area contributed by atoms with Crippen molar-refractivity contribution in [2.45, 2.75) is 25.1 Å². The average molecular weight is 494 g/mol. The van der Waals surface area contributed by atoms with E-state index >= 15 is 0 Å². The third-order valence-electron chi connectivity index (χ3n) is 6.83. The summed E-state index contributed by atoms with van der Waals surface area (Å²) in [5.41, 5.74) is 4.96. The molecule has 2 unspecified atom stereocenters. The number of methoxy groups -OCH3 is 1. The first-order valence-electron chi connectivity index (χ1n) is 11.9. The fourth-order valence-electron chi connectivity index (χ4n) is 5.12. The van der Waals surface area contributed by atoms with Crippen LogP contribution in [0.3, 0.4) is 0 Å². The number of nitrogens with zero attached hydrogens (tertiary/aromatic N) is 5. The summed E-state index contributed by atoms with van der Waals surface area (Å²) in [5.74, 6) is 0.633. The van der Waals surface area contributed by atoms with E-state index in [0.29, 0.717) is 31.1 Å². The SMILES string of the molecule is COC1CC(c2ccccc2OC(F)F)c2c1nc1ccc(-c3cnc(N4CCOCC4)nc3)cn21. The van der Waals surface area contributed by atoms with Crippen molar-refractivity contribution in [1.82, 2.24) is 19.4 Å². The van der Waals surface area contributed by atoms with Gasteiger partial charge >= 0.3 is 6.61 Å². The molecular formula is C26H25F2N5O3. The molecule has 1 fully saturated rings. The molecule has 1 saturated heterocycles. The molecule has 6 rings (SSSR count). The van der Waals surface area contributed by atoms with E-state index in [9.17, 15) is 8.78 Å². The molecule has 2 atom stereocenters. The van der Waals surface area contributed by atoms with E-state index in [2.05, 4.69) is 14.9 Å². The molecule has 1 aromatic carbocycles. The fraction of sp³-hybridized carbons (Fsp3) is 0.346. The van der Waals surface area contributed by atoms with Crippen LogP contribution in [-0.2, 0) is 9.47 Å². The Hall–Kier alpha value is -3.63. The van der Waals surface area contributed by atoms with Gasteiger partial charge in [-0.05, 0) is 24.6 Å². The molecule has 2 aliphatic rings. The van der Waals surface area contributed by atoms with Crippen molar-refractivity contribution in [1.29, 1.82) is 0 Å². The number of anilines is 1. The molecule has 1 aliphatic heterocycles. The number of ether oxygens (including phenoxy) is 3. The molecule has 10 heteroatoms. The normalized spacial score (nSPS) is 19.7. The second-order valence-corrected chi connectivity index (χ2v) is 8.83. The molecule has 0 amide bonds. The lowest BCUT2D eigenvalue weighted by atomic mass is 9.95. The van der Waals surface area contributed by atoms with Crippen molar-refractivity contribution in [2.75, 3.05) is 38.3 Å². The number of para-hydroxylation sites is 1. The molecule has 36 heavy (non-hydrogen) atoms. The Bertz CT molecular complexity index is 1370. The highest BCUT2D eigenvalue weighted by Gasteiger charge is 2.38. The third kappa shape index (κ3) is 4.06. The van der Waals surface area contributed by atoms with Crippen molar-refractivity contribution >= 4 is 11.6 Å². The Morgan fingerprint density at radius 2 is 1.81 bits per heavy atom. The Kier molecular flexibility index (Phi) is 5.98. The quantitative estimate of drug-likeness (QED) is 0.393. The summed E-state index contributed by atoms with van der Waals surface area (Å²) in [6.07, 6.45) is 5.97. The number of alkyl halides is 2. The number of aromatic nitrogens is 4. The predicted molar refractivity (Wildman–Crippen MR) is 129 cm³/mol. The van der Waals surface area contributed by atoms with Crippen LogP contribution in [0.15, 0.2) is 55.0 Å². The number of pyridine rings is 1. The van der Waals surface area contributed by atoms with E-state index in [1.165, 1.54) is 0 Å². The summed E-state index contributed by atoms with van der Waals surface area (Å²) in [7, 11) is 1.64. The van der Waals surface area contributed by atoms with Gasteiger partial charge in [0.1, 0.15) is 17.5 Å². The van der Waals surface area contributed by atoms with Crippen LogP contribution in [0.5, 0.6) is 5.75 Å². The fourth-order valence-corrected chi connectivity index (χ4v) is 5.12. The van der Waals surface area contributed by atoms with Crippen LogP contribution >= 0.6 is 0 Å². The maximum absolute atomic E-state index is 13.1. The van der Waals surface area contributed by atoms with E-state index in [1.54, 1.807) is 19.2 Å². The van der Waals surface area contributed by atoms with Crippen LogP contribution in [0, 0.1) is 0 Å². The van der Waals surface area contributed by atoms with E-state index in [0.717, 1.165) is 41.3 Å². The summed E-state index contributed by atoms with van der Waals surface area (Å²) >= 11 is 0. The Labute approximate surface area is 206 Å². The molecular weight excluding hydrogens is 468 g/mol. The van der Waals surface area contributed by atoms with Gasteiger partial charge in [-0.25, -0.2) is 15.0 Å².